The van der Waals surface area contributed by atoms with E-state index in [1.807, 2.05) is 18.2 Å². The van der Waals surface area contributed by atoms with Gasteiger partial charge >= 0.3 is 5.97 Å². The van der Waals surface area contributed by atoms with Crippen molar-refractivity contribution in [2.75, 3.05) is 13.1 Å². The zero-order valence-corrected chi connectivity index (χ0v) is 40.6. The molecule has 0 bridgehead atoms. The number of aliphatic imine (C=N–C) groups is 1. The zero-order valence-electron chi connectivity index (χ0n) is 40.6. The molecule has 5 rings (SSSR count). The highest BCUT2D eigenvalue weighted by atomic mass is 16.4. The lowest BCUT2D eigenvalue weighted by Gasteiger charge is -2.31. The lowest BCUT2D eigenvalue weighted by molar-refractivity contribution is -0.138. The fourth-order valence-corrected chi connectivity index (χ4v) is 8.66. The van der Waals surface area contributed by atoms with Crippen molar-refractivity contribution in [3.63, 3.8) is 0 Å². The predicted molar refractivity (Wildman–Crippen MR) is 267 cm³/mol. The Labute approximate surface area is 421 Å². The molecule has 2 heterocycles. The fraction of sp³-hybridized carbons (Fsp3) is 0.449. The molecule has 1 fully saturated rings. The summed E-state index contributed by atoms with van der Waals surface area (Å²) in [5.74, 6) is -7.78. The topological polar surface area (TPSA) is 393 Å². The summed E-state index contributed by atoms with van der Waals surface area (Å²) >= 11 is 0. The van der Waals surface area contributed by atoms with Crippen molar-refractivity contribution in [1.29, 1.82) is 0 Å². The molecule has 1 aliphatic rings. The van der Waals surface area contributed by atoms with Crippen LogP contribution in [0, 0.1) is 5.92 Å². The Bertz CT molecular complexity index is 2560. The number of carbonyl (C=O) groups excluding carboxylic acids is 8. The van der Waals surface area contributed by atoms with E-state index in [1.165, 1.54) is 19.4 Å². The first-order valence-electron chi connectivity index (χ1n) is 24.2. The molecule has 392 valence electrons. The van der Waals surface area contributed by atoms with Gasteiger partial charge < -0.3 is 69.5 Å². The molecule has 1 aliphatic carbocycles. The monoisotopic (exact) mass is 1010 g/mol. The molecule has 0 radical (unpaired) electrons. The summed E-state index contributed by atoms with van der Waals surface area (Å²) in [6, 6.07) is 7.97. The van der Waals surface area contributed by atoms with E-state index in [2.05, 4.69) is 57.2 Å². The standard InChI is InChI=1S/C49H66N14O10/c1-28(64)58-42(30-13-6-3-7-14-30)48(73)60-36(18-19-40(50)65)45(70)63-39(23-32-25-53-27-57-32)47(72)61-37(21-29-11-4-2-5-12-29)46(71)59-35(17-10-20-54-49(51)52)44(69)62-38(43(68)56-26-41(66)67)22-31-24-55-34-16-9-8-15-33(31)34/h2,4-5,8-9,11-12,15-16,24-25,27,30,35-39,42,55H,3,6-7,10,13-14,17-23,26H2,1H3,(H2,50,65)(H,53,57)(H,56,68)(H,58,64)(H,59,71)(H,60,73)(H,61,72)(H,62,69)(H,63,70)(H,66,67)(H4,51,52,54)/t35-,36-,37-,38-,39-,42?/m0/s1. The van der Waals surface area contributed by atoms with Crippen molar-refractivity contribution < 1.29 is 48.3 Å². The number of hydrogen-bond donors (Lipinski definition) is 13. The number of para-hydroxylation sites is 1. The number of primary amides is 1. The van der Waals surface area contributed by atoms with Crippen LogP contribution >= 0.6 is 0 Å². The maximum absolute atomic E-state index is 14.6. The minimum absolute atomic E-state index is 0.0500. The number of hydrogen-bond acceptors (Lipinski definition) is 11. The van der Waals surface area contributed by atoms with Crippen molar-refractivity contribution in [1.82, 2.24) is 52.2 Å². The van der Waals surface area contributed by atoms with Crippen molar-refractivity contribution in [2.24, 2.45) is 28.1 Å². The summed E-state index contributed by atoms with van der Waals surface area (Å²) in [6.07, 6.45) is 7.60. The Balaban J connectivity index is 1.42. The highest BCUT2D eigenvalue weighted by Gasteiger charge is 2.36. The second kappa shape index (κ2) is 27.9. The van der Waals surface area contributed by atoms with E-state index in [0.29, 0.717) is 29.7 Å². The van der Waals surface area contributed by atoms with E-state index in [-0.39, 0.29) is 63.4 Å². The molecule has 1 saturated carbocycles. The highest BCUT2D eigenvalue weighted by Crippen LogP contribution is 2.27. The fourth-order valence-electron chi connectivity index (χ4n) is 8.66. The summed E-state index contributed by atoms with van der Waals surface area (Å²) in [6.45, 7) is 0.599. The van der Waals surface area contributed by atoms with Gasteiger partial charge in [-0.15, -0.1) is 0 Å². The minimum Gasteiger partial charge on any atom is -0.480 e. The summed E-state index contributed by atoms with van der Waals surface area (Å²) in [4.78, 5) is 135. The maximum atomic E-state index is 14.6. The summed E-state index contributed by atoms with van der Waals surface area (Å²) in [5, 5.41) is 28.6. The Morgan fingerprint density at radius 3 is 1.89 bits per heavy atom. The molecule has 0 saturated heterocycles. The third kappa shape index (κ3) is 18.1. The van der Waals surface area contributed by atoms with Crippen LogP contribution < -0.4 is 54.4 Å². The van der Waals surface area contributed by atoms with Gasteiger partial charge in [0.2, 0.25) is 47.3 Å². The number of carbonyl (C=O) groups is 9. The molecule has 24 heteroatoms. The molecule has 4 aromatic rings. The normalized spacial score (nSPS) is 14.9. The number of nitrogens with two attached hydrogens (primary N) is 3. The first-order valence-corrected chi connectivity index (χ1v) is 24.2. The number of rotatable bonds is 28. The van der Waals surface area contributed by atoms with E-state index < -0.39 is 96.0 Å². The number of benzene rings is 2. The van der Waals surface area contributed by atoms with Crippen molar-refractivity contribution in [2.45, 2.75) is 120 Å². The Morgan fingerprint density at radius 1 is 0.685 bits per heavy atom. The number of H-pyrrole nitrogens is 2. The lowest BCUT2D eigenvalue weighted by Crippen LogP contribution is -2.61. The van der Waals surface area contributed by atoms with Crippen LogP contribution in [-0.2, 0) is 62.4 Å². The lowest BCUT2D eigenvalue weighted by atomic mass is 9.83. The molecule has 2 aromatic heterocycles. The number of aromatic nitrogens is 3. The van der Waals surface area contributed by atoms with E-state index >= 15 is 0 Å². The van der Waals surface area contributed by atoms with Gasteiger partial charge in [0.1, 0.15) is 42.8 Å². The van der Waals surface area contributed by atoms with Gasteiger partial charge in [-0.25, -0.2) is 4.98 Å². The number of carboxylic acids is 1. The van der Waals surface area contributed by atoms with E-state index in [1.54, 1.807) is 42.6 Å². The third-order valence-corrected chi connectivity index (χ3v) is 12.3. The number of guanidine groups is 1. The van der Waals surface area contributed by atoms with Gasteiger partial charge in [-0.2, -0.15) is 0 Å². The smallest absolute Gasteiger partial charge is 0.322 e. The van der Waals surface area contributed by atoms with E-state index in [4.69, 9.17) is 17.2 Å². The van der Waals surface area contributed by atoms with Gasteiger partial charge in [0.25, 0.3) is 0 Å². The molecular weight excluding hydrogens is 945 g/mol. The minimum atomic E-state index is -1.44. The molecule has 16 N–H and O–H groups in total. The van der Waals surface area contributed by atoms with Crippen molar-refractivity contribution in [3.05, 3.63) is 90.1 Å². The number of nitrogens with one attached hydrogen (secondary N) is 9. The van der Waals surface area contributed by atoms with Crippen molar-refractivity contribution in [3.8, 4) is 0 Å². The average Bonchev–Trinajstić information content (AvgIpc) is 4.04. The number of aliphatic carboxylic acids is 1. The van der Waals surface area contributed by atoms with Crippen molar-refractivity contribution >= 4 is 70.1 Å². The molecule has 24 nitrogen and oxygen atoms in total. The second-order valence-corrected chi connectivity index (χ2v) is 18.0. The van der Waals surface area contributed by atoms with Gasteiger partial charge in [0.05, 0.1) is 6.33 Å². The molecule has 6 atom stereocenters. The Hall–Kier alpha value is -8.31. The number of fused-ring (bicyclic) bond motifs is 1. The highest BCUT2D eigenvalue weighted by molar-refractivity contribution is 5.98. The number of imidazole rings is 1. The number of aromatic amines is 2. The van der Waals surface area contributed by atoms with Crippen LogP contribution in [0.5, 0.6) is 0 Å². The Morgan fingerprint density at radius 2 is 1.27 bits per heavy atom. The van der Waals surface area contributed by atoms with Gasteiger partial charge in [-0.05, 0) is 55.2 Å². The Kier molecular flexibility index (Phi) is 21.3. The van der Waals surface area contributed by atoms with Crippen LogP contribution in [0.1, 0.15) is 81.5 Å². The van der Waals surface area contributed by atoms with Crippen LogP contribution in [-0.4, -0.2) is 129 Å². The van der Waals surface area contributed by atoms with Crippen LogP contribution in [0.2, 0.25) is 0 Å². The molecule has 73 heavy (non-hydrogen) atoms. The van der Waals surface area contributed by atoms with Crippen LogP contribution in [0.3, 0.4) is 0 Å². The first kappa shape index (κ1) is 55.6. The van der Waals surface area contributed by atoms with Gasteiger partial charge in [0, 0.05) is 68.1 Å². The van der Waals surface area contributed by atoms with Crippen LogP contribution in [0.25, 0.3) is 10.9 Å². The molecule has 0 aliphatic heterocycles. The molecule has 2 aromatic carbocycles. The molecular formula is C49H66N14O10. The predicted octanol–water partition coefficient (Wildman–Crippen LogP) is -1.05. The first-order chi connectivity index (χ1) is 35.0. The second-order valence-electron chi connectivity index (χ2n) is 18.0. The van der Waals surface area contributed by atoms with Gasteiger partial charge in [0.15, 0.2) is 5.96 Å². The van der Waals surface area contributed by atoms with E-state index in [0.717, 1.165) is 30.2 Å². The molecule has 0 spiro atoms. The van der Waals surface area contributed by atoms with Gasteiger partial charge in [-0.3, -0.25) is 48.1 Å². The SMILES string of the molecule is CC(=O)NC(C(=O)N[C@@H](CCC(N)=O)C(=O)N[C@@H](Cc1cnc[nH]1)C(=O)N[C@@H](Cc1ccccc1)C(=O)N[C@@H](CCCN=C(N)N)C(=O)N[C@@H](Cc1c[nH]c2ccccc12)C(=O)NCC(=O)O)C1CCCCC1. The van der Waals surface area contributed by atoms with Crippen LogP contribution in [0.4, 0.5) is 0 Å². The summed E-state index contributed by atoms with van der Waals surface area (Å²) in [7, 11) is 0. The zero-order chi connectivity index (χ0) is 52.9. The average molecular weight is 1010 g/mol. The largest absolute Gasteiger partial charge is 0.480 e. The number of carboxylic acid groups (broad SMARTS) is 1. The van der Waals surface area contributed by atoms with Crippen LogP contribution in [0.15, 0.2) is 78.3 Å². The molecule has 8 amide bonds. The summed E-state index contributed by atoms with van der Waals surface area (Å²) in [5.41, 5.74) is 19.0. The van der Waals surface area contributed by atoms with E-state index in [9.17, 15) is 48.3 Å². The quantitative estimate of drug-likeness (QED) is 0.0184. The summed E-state index contributed by atoms with van der Waals surface area (Å²) < 4.78 is 0. The van der Waals surface area contributed by atoms with Gasteiger partial charge in [-0.1, -0.05) is 67.8 Å². The molecule has 1 unspecified atom stereocenters. The third-order valence-electron chi connectivity index (χ3n) is 12.3. The maximum Gasteiger partial charge on any atom is 0.322 e. The number of nitrogens with zero attached hydrogens (tertiary/aromatic N) is 2. The number of amides is 8.